The second-order valence-corrected chi connectivity index (χ2v) is 4.47. The zero-order valence-corrected chi connectivity index (χ0v) is 10.5. The molecule has 0 saturated heterocycles. The van der Waals surface area contributed by atoms with E-state index in [-0.39, 0.29) is 5.91 Å². The molecule has 3 heteroatoms. The molecule has 94 valence electrons. The Kier molecular flexibility index (Phi) is 3.95. The van der Waals surface area contributed by atoms with Crippen LogP contribution in [0.1, 0.15) is 12.5 Å². The molecule has 0 spiro atoms. The van der Waals surface area contributed by atoms with E-state index in [0.29, 0.717) is 6.54 Å². The monoisotopic (exact) mass is 242 g/mol. The van der Waals surface area contributed by atoms with Crippen molar-refractivity contribution in [3.8, 4) is 0 Å². The third-order valence-corrected chi connectivity index (χ3v) is 2.99. The summed E-state index contributed by atoms with van der Waals surface area (Å²) in [7, 11) is 0. The van der Waals surface area contributed by atoms with Gasteiger partial charge in [-0.25, -0.2) is 0 Å². The lowest BCUT2D eigenvalue weighted by Crippen LogP contribution is -2.39. The van der Waals surface area contributed by atoms with Gasteiger partial charge >= 0.3 is 0 Å². The summed E-state index contributed by atoms with van der Waals surface area (Å²) in [6.07, 6.45) is 0.819. The molecule has 1 amide bonds. The van der Waals surface area contributed by atoms with Crippen molar-refractivity contribution in [3.63, 3.8) is 0 Å². The summed E-state index contributed by atoms with van der Waals surface area (Å²) in [6, 6.07) is 14.1. The molecule has 18 heavy (non-hydrogen) atoms. The molecule has 0 bridgehead atoms. The van der Waals surface area contributed by atoms with Crippen LogP contribution in [0, 0.1) is 0 Å². The first-order valence-corrected chi connectivity index (χ1v) is 6.18. The summed E-state index contributed by atoms with van der Waals surface area (Å²) in [5.41, 5.74) is 6.74. The maximum absolute atomic E-state index is 11.4. The minimum absolute atomic E-state index is 0.102. The van der Waals surface area contributed by atoms with E-state index in [1.165, 1.54) is 16.3 Å². The van der Waals surface area contributed by atoms with Gasteiger partial charge < -0.3 is 11.1 Å². The van der Waals surface area contributed by atoms with Gasteiger partial charge in [0, 0.05) is 6.54 Å². The highest BCUT2D eigenvalue weighted by Gasteiger charge is 2.06. The smallest absolute Gasteiger partial charge is 0.236 e. The van der Waals surface area contributed by atoms with Crippen molar-refractivity contribution in [1.82, 2.24) is 5.32 Å². The van der Waals surface area contributed by atoms with Gasteiger partial charge in [-0.3, -0.25) is 4.79 Å². The maximum atomic E-state index is 11.4. The lowest BCUT2D eigenvalue weighted by Gasteiger charge is -2.09. The van der Waals surface area contributed by atoms with E-state index in [1.54, 1.807) is 6.92 Å². The molecule has 3 N–H and O–H groups in total. The Morgan fingerprint density at radius 1 is 1.22 bits per heavy atom. The molecular formula is C15H18N2O. The Morgan fingerprint density at radius 2 is 1.94 bits per heavy atom. The molecule has 0 aliphatic rings. The summed E-state index contributed by atoms with van der Waals surface area (Å²) in [4.78, 5) is 11.4. The molecule has 0 aromatic heterocycles. The minimum atomic E-state index is -0.447. The number of carbonyl (C=O) groups is 1. The standard InChI is InChI=1S/C15H18N2O/c1-11(16)15(18)17-10-9-13-7-4-6-12-5-2-3-8-14(12)13/h2-8,11H,9-10,16H2,1H3,(H,17,18). The molecular weight excluding hydrogens is 224 g/mol. The maximum Gasteiger partial charge on any atom is 0.236 e. The van der Waals surface area contributed by atoms with E-state index in [1.807, 2.05) is 18.2 Å². The fourth-order valence-electron chi connectivity index (χ4n) is 1.99. The Labute approximate surface area is 107 Å². The number of carbonyl (C=O) groups excluding carboxylic acids is 1. The van der Waals surface area contributed by atoms with Crippen molar-refractivity contribution in [2.24, 2.45) is 5.73 Å². The Balaban J connectivity index is 2.06. The quantitative estimate of drug-likeness (QED) is 0.859. The van der Waals surface area contributed by atoms with Crippen LogP contribution >= 0.6 is 0 Å². The summed E-state index contributed by atoms with van der Waals surface area (Å²) in [6.45, 7) is 2.31. The van der Waals surface area contributed by atoms with Gasteiger partial charge in [-0.2, -0.15) is 0 Å². The van der Waals surface area contributed by atoms with Gasteiger partial charge in [-0.05, 0) is 29.7 Å². The number of amides is 1. The molecule has 3 nitrogen and oxygen atoms in total. The number of nitrogens with one attached hydrogen (secondary N) is 1. The van der Waals surface area contributed by atoms with Gasteiger partial charge in [-0.15, -0.1) is 0 Å². The number of hydrogen-bond acceptors (Lipinski definition) is 2. The summed E-state index contributed by atoms with van der Waals surface area (Å²) < 4.78 is 0. The summed E-state index contributed by atoms with van der Waals surface area (Å²) in [5, 5.41) is 5.31. The minimum Gasteiger partial charge on any atom is -0.354 e. The topological polar surface area (TPSA) is 55.1 Å². The predicted molar refractivity (Wildman–Crippen MR) is 74.3 cm³/mol. The third kappa shape index (κ3) is 2.87. The highest BCUT2D eigenvalue weighted by Crippen LogP contribution is 2.18. The van der Waals surface area contributed by atoms with Gasteiger partial charge in [-0.1, -0.05) is 42.5 Å². The van der Waals surface area contributed by atoms with Crippen LogP contribution in [-0.4, -0.2) is 18.5 Å². The average Bonchev–Trinajstić information content (AvgIpc) is 2.38. The van der Waals surface area contributed by atoms with Crippen LogP contribution in [0.4, 0.5) is 0 Å². The molecule has 1 unspecified atom stereocenters. The molecule has 2 rings (SSSR count). The number of rotatable bonds is 4. The summed E-state index contributed by atoms with van der Waals surface area (Å²) in [5.74, 6) is -0.102. The fourth-order valence-corrected chi connectivity index (χ4v) is 1.99. The zero-order valence-electron chi connectivity index (χ0n) is 10.5. The number of hydrogen-bond donors (Lipinski definition) is 2. The largest absolute Gasteiger partial charge is 0.354 e. The molecule has 2 aromatic rings. The van der Waals surface area contributed by atoms with Gasteiger partial charge in [0.1, 0.15) is 0 Å². The first-order chi connectivity index (χ1) is 8.68. The van der Waals surface area contributed by atoms with Crippen LogP contribution in [0.25, 0.3) is 10.8 Å². The molecule has 0 aliphatic carbocycles. The molecule has 1 atom stereocenters. The van der Waals surface area contributed by atoms with Crippen molar-refractivity contribution in [2.75, 3.05) is 6.54 Å². The SMILES string of the molecule is CC(N)C(=O)NCCc1cccc2ccccc12. The third-order valence-electron chi connectivity index (χ3n) is 2.99. The van der Waals surface area contributed by atoms with Gasteiger partial charge in [0.05, 0.1) is 6.04 Å². The molecule has 2 aromatic carbocycles. The van der Waals surface area contributed by atoms with Crippen LogP contribution in [0.5, 0.6) is 0 Å². The molecule has 0 aliphatic heterocycles. The Hall–Kier alpha value is -1.87. The molecule has 0 saturated carbocycles. The molecule has 0 heterocycles. The van der Waals surface area contributed by atoms with Crippen LogP contribution < -0.4 is 11.1 Å². The molecule has 0 radical (unpaired) electrons. The van der Waals surface area contributed by atoms with Gasteiger partial charge in [0.2, 0.25) is 5.91 Å². The van der Waals surface area contributed by atoms with E-state index >= 15 is 0 Å². The lowest BCUT2D eigenvalue weighted by atomic mass is 10.0. The average molecular weight is 242 g/mol. The van der Waals surface area contributed by atoms with E-state index < -0.39 is 6.04 Å². The van der Waals surface area contributed by atoms with Crippen molar-refractivity contribution in [1.29, 1.82) is 0 Å². The van der Waals surface area contributed by atoms with Crippen LogP contribution in [-0.2, 0) is 11.2 Å². The van der Waals surface area contributed by atoms with E-state index in [0.717, 1.165) is 6.42 Å². The zero-order chi connectivity index (χ0) is 13.0. The highest BCUT2D eigenvalue weighted by molar-refractivity contribution is 5.85. The fraction of sp³-hybridized carbons (Fsp3) is 0.267. The number of benzene rings is 2. The molecule has 0 fully saturated rings. The van der Waals surface area contributed by atoms with Crippen LogP contribution in [0.3, 0.4) is 0 Å². The van der Waals surface area contributed by atoms with Crippen molar-refractivity contribution < 1.29 is 4.79 Å². The van der Waals surface area contributed by atoms with E-state index in [2.05, 4.69) is 29.6 Å². The van der Waals surface area contributed by atoms with Crippen molar-refractivity contribution in [2.45, 2.75) is 19.4 Å². The second-order valence-electron chi connectivity index (χ2n) is 4.47. The first kappa shape index (κ1) is 12.6. The van der Waals surface area contributed by atoms with Crippen LogP contribution in [0.15, 0.2) is 42.5 Å². The van der Waals surface area contributed by atoms with Crippen molar-refractivity contribution >= 4 is 16.7 Å². The number of fused-ring (bicyclic) bond motifs is 1. The van der Waals surface area contributed by atoms with E-state index in [4.69, 9.17) is 5.73 Å². The van der Waals surface area contributed by atoms with Crippen LogP contribution in [0.2, 0.25) is 0 Å². The van der Waals surface area contributed by atoms with Gasteiger partial charge in [0.15, 0.2) is 0 Å². The second kappa shape index (κ2) is 5.65. The first-order valence-electron chi connectivity index (χ1n) is 6.18. The predicted octanol–water partition coefficient (Wildman–Crippen LogP) is 1.85. The normalized spacial score (nSPS) is 12.3. The van der Waals surface area contributed by atoms with E-state index in [9.17, 15) is 4.79 Å². The highest BCUT2D eigenvalue weighted by atomic mass is 16.2. The lowest BCUT2D eigenvalue weighted by molar-refractivity contribution is -0.121. The Bertz CT molecular complexity index is 544. The Morgan fingerprint density at radius 3 is 2.72 bits per heavy atom. The van der Waals surface area contributed by atoms with Crippen molar-refractivity contribution in [3.05, 3.63) is 48.0 Å². The van der Waals surface area contributed by atoms with Gasteiger partial charge in [0.25, 0.3) is 0 Å². The summed E-state index contributed by atoms with van der Waals surface area (Å²) >= 11 is 0. The number of nitrogens with two attached hydrogens (primary N) is 1.